The quantitative estimate of drug-likeness (QED) is 0.161. The molecule has 0 bridgehead atoms. The average Bonchev–Trinajstić information content (AvgIpc) is 3.90. The molecule has 2 unspecified atom stereocenters. The van der Waals surface area contributed by atoms with E-state index in [-0.39, 0.29) is 12.0 Å². The molecule has 2 aliphatic rings. The summed E-state index contributed by atoms with van der Waals surface area (Å²) < 4.78 is 9.30. The van der Waals surface area contributed by atoms with E-state index in [9.17, 15) is 0 Å². The lowest BCUT2D eigenvalue weighted by Crippen LogP contribution is -2.13. The Balaban J connectivity index is 0.923. The molecule has 0 amide bonds. The Morgan fingerprint density at radius 1 is 0.403 bits per heavy atom. The van der Waals surface area contributed by atoms with Crippen LogP contribution in [0.5, 0.6) is 5.75 Å². The van der Waals surface area contributed by atoms with Crippen LogP contribution < -0.4 is 4.74 Å². The molecular formula is C57H38N4O. The van der Waals surface area contributed by atoms with Gasteiger partial charge in [-0.25, -0.2) is 15.0 Å². The first-order chi connectivity index (χ1) is 30.7. The Bertz CT molecular complexity index is 3180. The molecular weight excluding hydrogens is 757 g/mol. The Morgan fingerprint density at radius 3 is 1.39 bits per heavy atom. The van der Waals surface area contributed by atoms with Crippen LogP contribution in [0.15, 0.2) is 212 Å². The second-order valence-corrected chi connectivity index (χ2v) is 15.9. The van der Waals surface area contributed by atoms with Gasteiger partial charge in [-0.1, -0.05) is 176 Å². The van der Waals surface area contributed by atoms with Crippen LogP contribution in [0.4, 0.5) is 0 Å². The van der Waals surface area contributed by atoms with Gasteiger partial charge in [0.15, 0.2) is 17.5 Å². The lowest BCUT2D eigenvalue weighted by atomic mass is 9.85. The van der Waals surface area contributed by atoms with Gasteiger partial charge in [-0.2, -0.15) is 0 Å². The highest BCUT2D eigenvalue weighted by Crippen LogP contribution is 2.53. The molecule has 0 saturated carbocycles. The van der Waals surface area contributed by atoms with Crippen molar-refractivity contribution >= 4 is 17.0 Å². The summed E-state index contributed by atoms with van der Waals surface area (Å²) in [5.41, 5.74) is 15.5. The fourth-order valence-electron chi connectivity index (χ4n) is 9.17. The second-order valence-electron chi connectivity index (χ2n) is 15.9. The molecule has 12 rings (SSSR count). The molecule has 0 saturated heterocycles. The molecule has 2 aromatic heterocycles. The van der Waals surface area contributed by atoms with Crippen LogP contribution in [0.3, 0.4) is 0 Å². The smallest absolute Gasteiger partial charge is 0.164 e. The molecule has 5 heteroatoms. The van der Waals surface area contributed by atoms with Crippen molar-refractivity contribution < 1.29 is 4.74 Å². The van der Waals surface area contributed by atoms with Crippen LogP contribution in [0.2, 0.25) is 0 Å². The van der Waals surface area contributed by atoms with Crippen LogP contribution in [-0.4, -0.2) is 19.5 Å². The predicted octanol–water partition coefficient (Wildman–Crippen LogP) is 14.1. The highest BCUT2D eigenvalue weighted by Gasteiger charge is 2.40. The van der Waals surface area contributed by atoms with E-state index in [0.717, 1.165) is 56.0 Å². The van der Waals surface area contributed by atoms with Crippen molar-refractivity contribution in [2.45, 2.75) is 12.0 Å². The van der Waals surface area contributed by atoms with E-state index >= 15 is 0 Å². The van der Waals surface area contributed by atoms with E-state index in [1.807, 2.05) is 12.1 Å². The summed E-state index contributed by atoms with van der Waals surface area (Å²) in [6.45, 7) is 0. The number of rotatable bonds is 7. The third-order valence-corrected chi connectivity index (χ3v) is 12.3. The van der Waals surface area contributed by atoms with Gasteiger partial charge in [0.05, 0.1) is 11.2 Å². The highest BCUT2D eigenvalue weighted by molar-refractivity contribution is 5.92. The van der Waals surface area contributed by atoms with Gasteiger partial charge in [-0.05, 0) is 75.9 Å². The number of para-hydroxylation sites is 1. The van der Waals surface area contributed by atoms with Gasteiger partial charge in [-0.15, -0.1) is 0 Å². The summed E-state index contributed by atoms with van der Waals surface area (Å²) >= 11 is 0. The van der Waals surface area contributed by atoms with Gasteiger partial charge < -0.3 is 9.30 Å². The second kappa shape index (κ2) is 14.8. The first kappa shape index (κ1) is 35.8. The third-order valence-electron chi connectivity index (χ3n) is 12.3. The average molecular weight is 795 g/mol. The Kier molecular flexibility index (Phi) is 8.56. The zero-order valence-corrected chi connectivity index (χ0v) is 33.6. The summed E-state index contributed by atoms with van der Waals surface area (Å²) in [6, 6.07) is 72.2. The lowest BCUT2D eigenvalue weighted by Gasteiger charge is -2.22. The molecule has 1 aliphatic carbocycles. The monoisotopic (exact) mass is 794 g/mol. The summed E-state index contributed by atoms with van der Waals surface area (Å²) in [7, 11) is 0. The van der Waals surface area contributed by atoms with Crippen LogP contribution >= 0.6 is 0 Å². The summed E-state index contributed by atoms with van der Waals surface area (Å²) in [5.74, 6) is 2.77. The minimum Gasteiger partial charge on any atom is -0.484 e. The van der Waals surface area contributed by atoms with Crippen LogP contribution in [0.25, 0.3) is 90.2 Å². The van der Waals surface area contributed by atoms with Gasteiger partial charge in [0.25, 0.3) is 0 Å². The van der Waals surface area contributed by atoms with Gasteiger partial charge in [0, 0.05) is 44.8 Å². The van der Waals surface area contributed by atoms with Gasteiger partial charge in [-0.3, -0.25) is 0 Å². The maximum absolute atomic E-state index is 6.93. The van der Waals surface area contributed by atoms with Crippen LogP contribution in [0, 0.1) is 0 Å². The van der Waals surface area contributed by atoms with Gasteiger partial charge in [0.1, 0.15) is 11.9 Å². The predicted molar refractivity (Wildman–Crippen MR) is 251 cm³/mol. The first-order valence-corrected chi connectivity index (χ1v) is 21.1. The van der Waals surface area contributed by atoms with Crippen molar-refractivity contribution in [3.05, 3.63) is 229 Å². The van der Waals surface area contributed by atoms with Crippen molar-refractivity contribution in [1.29, 1.82) is 0 Å². The van der Waals surface area contributed by atoms with E-state index in [1.54, 1.807) is 0 Å². The molecule has 2 atom stereocenters. The molecule has 3 heterocycles. The largest absolute Gasteiger partial charge is 0.484 e. The molecule has 10 aromatic rings. The first-order valence-electron chi connectivity index (χ1n) is 21.1. The number of aromatic nitrogens is 4. The van der Waals surface area contributed by atoms with Crippen molar-refractivity contribution in [3.8, 4) is 79.0 Å². The normalized spacial score (nSPS) is 14.8. The minimum absolute atomic E-state index is 0.0222. The van der Waals surface area contributed by atoms with Crippen molar-refractivity contribution in [3.63, 3.8) is 0 Å². The Hall–Kier alpha value is -8.15. The van der Waals surface area contributed by atoms with E-state index < -0.39 is 0 Å². The van der Waals surface area contributed by atoms with Gasteiger partial charge in [0.2, 0.25) is 0 Å². The standard InChI is InChI=1S/C57H38N4O/c1-4-12-37(13-5-1)40-20-24-43(25-21-40)55-58-56(44-26-22-41(23-27-44)38-14-6-2-7-15-38)60-57(59-55)45-30-35-52-49(36-45)47-33-34-51-53(54(47)62-52)48-18-10-11-19-50(48)61(51)46-31-28-42(29-32-46)39-16-8-3-9-17-39/h1-36,47,54H. The molecule has 0 fully saturated rings. The molecule has 8 aromatic carbocycles. The fourth-order valence-corrected chi connectivity index (χ4v) is 9.17. The topological polar surface area (TPSA) is 52.8 Å². The number of ether oxygens (including phenoxy) is 1. The van der Waals surface area contributed by atoms with Crippen LogP contribution in [0.1, 0.15) is 28.8 Å². The van der Waals surface area contributed by atoms with Gasteiger partial charge >= 0.3 is 0 Å². The highest BCUT2D eigenvalue weighted by atomic mass is 16.5. The van der Waals surface area contributed by atoms with Crippen molar-refractivity contribution in [2.75, 3.05) is 0 Å². The maximum atomic E-state index is 6.93. The molecule has 0 N–H and O–H groups in total. The summed E-state index contributed by atoms with van der Waals surface area (Å²) in [6.07, 6.45) is 4.42. The molecule has 0 spiro atoms. The van der Waals surface area contributed by atoms with E-state index in [1.165, 1.54) is 33.2 Å². The number of fused-ring (bicyclic) bond motifs is 7. The molecule has 0 radical (unpaired) electrons. The SMILES string of the molecule is C1=CC2c3cc(-c4nc(-c5ccc(-c6ccccc6)cc5)nc(-c5ccc(-c6ccccc6)cc5)n4)ccc3OC2c2c1n(-c1ccc(-c3ccccc3)cc1)c1ccccc21. The van der Waals surface area contributed by atoms with E-state index in [0.29, 0.717) is 17.5 Å². The Labute approximate surface area is 360 Å². The van der Waals surface area contributed by atoms with Crippen molar-refractivity contribution in [1.82, 2.24) is 19.5 Å². The third kappa shape index (κ3) is 6.22. The number of hydrogen-bond acceptors (Lipinski definition) is 4. The molecule has 62 heavy (non-hydrogen) atoms. The van der Waals surface area contributed by atoms with Crippen molar-refractivity contribution in [2.24, 2.45) is 0 Å². The molecule has 292 valence electrons. The zero-order valence-electron chi connectivity index (χ0n) is 33.6. The molecule has 5 nitrogen and oxygen atoms in total. The number of hydrogen-bond donors (Lipinski definition) is 0. The number of nitrogens with zero attached hydrogens (tertiary/aromatic N) is 4. The lowest BCUT2D eigenvalue weighted by molar-refractivity contribution is 0.224. The van der Waals surface area contributed by atoms with E-state index in [2.05, 4.69) is 211 Å². The molecule has 1 aliphatic heterocycles. The maximum Gasteiger partial charge on any atom is 0.164 e. The summed E-state index contributed by atoms with van der Waals surface area (Å²) in [4.78, 5) is 15.4. The Morgan fingerprint density at radius 2 is 0.839 bits per heavy atom. The number of benzene rings is 8. The minimum atomic E-state index is -0.175. The van der Waals surface area contributed by atoms with Crippen LogP contribution in [-0.2, 0) is 0 Å². The van der Waals surface area contributed by atoms with E-state index in [4.69, 9.17) is 19.7 Å². The fraction of sp³-hybridized carbons (Fsp3) is 0.0351. The zero-order chi connectivity index (χ0) is 41.0. The summed E-state index contributed by atoms with van der Waals surface area (Å²) in [5, 5.41) is 1.20.